The van der Waals surface area contributed by atoms with Gasteiger partial charge in [0.1, 0.15) is 11.6 Å². The van der Waals surface area contributed by atoms with Gasteiger partial charge < -0.3 is 4.98 Å². The van der Waals surface area contributed by atoms with Crippen LogP contribution < -0.4 is 5.56 Å². The Balaban J connectivity index is 2.00. The highest BCUT2D eigenvalue weighted by Gasteiger charge is 2.16. The average Bonchev–Trinajstić information content (AvgIpc) is 3.07. The van der Waals surface area contributed by atoms with E-state index in [0.29, 0.717) is 11.3 Å². The van der Waals surface area contributed by atoms with Crippen molar-refractivity contribution < 1.29 is 0 Å². The summed E-state index contributed by atoms with van der Waals surface area (Å²) >= 11 is 5.18. The fourth-order valence-corrected chi connectivity index (χ4v) is 5.17. The van der Waals surface area contributed by atoms with E-state index in [4.69, 9.17) is 0 Å². The molecule has 0 saturated heterocycles. The van der Waals surface area contributed by atoms with Gasteiger partial charge >= 0.3 is 0 Å². The summed E-state index contributed by atoms with van der Waals surface area (Å²) in [6.07, 6.45) is 0.895. The van der Waals surface area contributed by atoms with Gasteiger partial charge in [-0.3, -0.25) is 4.79 Å². The molecule has 0 saturated carbocycles. The molecular formula is C22H15BrN2OS. The second-order valence-corrected chi connectivity index (χ2v) is 8.17. The highest BCUT2D eigenvalue weighted by molar-refractivity contribution is 9.10. The molecule has 0 bridgehead atoms. The van der Waals surface area contributed by atoms with Gasteiger partial charge in [0, 0.05) is 31.0 Å². The third-order valence-corrected chi connectivity index (χ3v) is 6.85. The number of halogens is 1. The summed E-state index contributed by atoms with van der Waals surface area (Å²) in [5.41, 5.74) is 2.13. The van der Waals surface area contributed by atoms with Gasteiger partial charge in [-0.2, -0.15) is 5.26 Å². The first-order valence-corrected chi connectivity index (χ1v) is 10.2. The molecule has 5 heteroatoms. The Hall–Kier alpha value is -2.68. The van der Waals surface area contributed by atoms with Crippen molar-refractivity contribution in [3.05, 3.63) is 79.9 Å². The van der Waals surface area contributed by atoms with Gasteiger partial charge in [-0.1, -0.05) is 49.4 Å². The van der Waals surface area contributed by atoms with Gasteiger partial charge in [0.05, 0.1) is 0 Å². The number of hydrogen-bond donors (Lipinski definition) is 1. The van der Waals surface area contributed by atoms with Crippen LogP contribution in [0.5, 0.6) is 0 Å². The van der Waals surface area contributed by atoms with E-state index in [1.54, 1.807) is 11.3 Å². The number of nitriles is 1. The molecule has 2 aromatic carbocycles. The van der Waals surface area contributed by atoms with Gasteiger partial charge in [0.15, 0.2) is 0 Å². The lowest BCUT2D eigenvalue weighted by molar-refractivity contribution is 1.18. The molecule has 0 amide bonds. The second-order valence-electron chi connectivity index (χ2n) is 6.17. The number of hydrogen-bond acceptors (Lipinski definition) is 3. The van der Waals surface area contributed by atoms with Crippen molar-refractivity contribution in [2.45, 2.75) is 13.3 Å². The molecular weight excluding hydrogens is 420 g/mol. The highest BCUT2D eigenvalue weighted by Crippen LogP contribution is 2.37. The molecule has 2 aromatic heterocycles. The fraction of sp³-hybridized carbons (Fsp3) is 0.0909. The van der Waals surface area contributed by atoms with Crippen LogP contribution in [0, 0.1) is 11.3 Å². The number of H-pyrrole nitrogens is 1. The van der Waals surface area contributed by atoms with Crippen LogP contribution in [0.1, 0.15) is 17.4 Å². The summed E-state index contributed by atoms with van der Waals surface area (Å²) in [6, 6.07) is 20.1. The SMILES string of the molecule is CCc1sc(-c2cc(-c3cccc4ccccc34)[nH]c(=O)c2C#N)cc1Br. The topological polar surface area (TPSA) is 56.6 Å². The standard InChI is InChI=1S/C22H15BrN2OS/c1-2-20-18(23)11-21(27-20)16-10-19(25-22(26)17(16)12-24)15-9-5-7-13-6-3-4-8-14(13)15/h3-11H,2H2,1H3,(H,25,26). The number of pyridine rings is 1. The summed E-state index contributed by atoms with van der Waals surface area (Å²) in [4.78, 5) is 17.7. The molecule has 4 aromatic rings. The summed E-state index contributed by atoms with van der Waals surface area (Å²) in [7, 11) is 0. The zero-order valence-electron chi connectivity index (χ0n) is 14.5. The highest BCUT2D eigenvalue weighted by atomic mass is 79.9. The van der Waals surface area contributed by atoms with Crippen LogP contribution in [-0.2, 0) is 6.42 Å². The maximum atomic E-state index is 12.7. The number of nitrogens with one attached hydrogen (secondary N) is 1. The van der Waals surface area contributed by atoms with Gasteiger partial charge in [-0.05, 0) is 45.3 Å². The van der Waals surface area contributed by atoms with Crippen LogP contribution >= 0.6 is 27.3 Å². The van der Waals surface area contributed by atoms with Crippen LogP contribution in [0.15, 0.2) is 63.9 Å². The Morgan fingerprint density at radius 3 is 2.63 bits per heavy atom. The van der Waals surface area contributed by atoms with E-state index in [2.05, 4.69) is 33.9 Å². The van der Waals surface area contributed by atoms with Crippen molar-refractivity contribution in [2.24, 2.45) is 0 Å². The van der Waals surface area contributed by atoms with Gasteiger partial charge in [-0.15, -0.1) is 11.3 Å². The fourth-order valence-electron chi connectivity index (χ4n) is 3.25. The van der Waals surface area contributed by atoms with E-state index in [0.717, 1.165) is 32.1 Å². The number of aromatic nitrogens is 1. The number of aromatic amines is 1. The molecule has 0 aliphatic carbocycles. The van der Waals surface area contributed by atoms with E-state index < -0.39 is 0 Å². The number of thiophene rings is 1. The van der Waals surface area contributed by atoms with E-state index in [-0.39, 0.29) is 11.1 Å². The molecule has 0 radical (unpaired) electrons. The minimum absolute atomic E-state index is 0.149. The number of rotatable bonds is 3. The predicted octanol–water partition coefficient (Wildman–Crippen LogP) is 6.12. The third-order valence-electron chi connectivity index (χ3n) is 4.57. The lowest BCUT2D eigenvalue weighted by atomic mass is 9.99. The van der Waals surface area contributed by atoms with E-state index in [1.165, 1.54) is 4.88 Å². The molecule has 27 heavy (non-hydrogen) atoms. The lowest BCUT2D eigenvalue weighted by Crippen LogP contribution is -2.12. The number of benzene rings is 2. The number of fused-ring (bicyclic) bond motifs is 1. The summed E-state index contributed by atoms with van der Waals surface area (Å²) < 4.78 is 1.01. The zero-order chi connectivity index (χ0) is 19.0. The first-order valence-electron chi connectivity index (χ1n) is 8.56. The lowest BCUT2D eigenvalue weighted by Gasteiger charge is -2.09. The third kappa shape index (κ3) is 3.12. The first kappa shape index (κ1) is 17.7. The van der Waals surface area contributed by atoms with Crippen molar-refractivity contribution in [3.8, 4) is 27.8 Å². The van der Waals surface area contributed by atoms with Crippen molar-refractivity contribution in [1.82, 2.24) is 4.98 Å². The predicted molar refractivity (Wildman–Crippen MR) is 115 cm³/mol. The minimum Gasteiger partial charge on any atom is -0.321 e. The minimum atomic E-state index is -0.361. The Bertz CT molecular complexity index is 1260. The number of nitrogens with zero attached hydrogens (tertiary/aromatic N) is 1. The smallest absolute Gasteiger partial charge is 0.267 e. The largest absolute Gasteiger partial charge is 0.321 e. The zero-order valence-corrected chi connectivity index (χ0v) is 16.9. The average molecular weight is 435 g/mol. The van der Waals surface area contributed by atoms with Gasteiger partial charge in [0.25, 0.3) is 5.56 Å². The van der Waals surface area contributed by atoms with Gasteiger partial charge in [-0.25, -0.2) is 0 Å². The molecule has 0 atom stereocenters. The normalized spacial score (nSPS) is 10.9. The van der Waals surface area contributed by atoms with Crippen LogP contribution in [0.25, 0.3) is 32.5 Å². The maximum Gasteiger partial charge on any atom is 0.267 e. The van der Waals surface area contributed by atoms with E-state index in [1.807, 2.05) is 54.6 Å². The molecule has 0 spiro atoms. The maximum absolute atomic E-state index is 12.7. The van der Waals surface area contributed by atoms with Crippen LogP contribution in [0.3, 0.4) is 0 Å². The van der Waals surface area contributed by atoms with Crippen molar-refractivity contribution in [3.63, 3.8) is 0 Å². The Morgan fingerprint density at radius 2 is 1.89 bits per heavy atom. The molecule has 0 fully saturated rings. The van der Waals surface area contributed by atoms with Crippen LogP contribution in [0.4, 0.5) is 0 Å². The molecule has 0 aliphatic rings. The van der Waals surface area contributed by atoms with Crippen LogP contribution in [0.2, 0.25) is 0 Å². The molecule has 0 aliphatic heterocycles. The molecule has 132 valence electrons. The second kappa shape index (κ2) is 7.15. The van der Waals surface area contributed by atoms with Crippen molar-refractivity contribution >= 4 is 38.0 Å². The Morgan fingerprint density at radius 1 is 1.11 bits per heavy atom. The van der Waals surface area contributed by atoms with E-state index in [9.17, 15) is 10.1 Å². The Labute approximate surface area is 169 Å². The molecule has 1 N–H and O–H groups in total. The number of aryl methyl sites for hydroxylation is 1. The summed E-state index contributed by atoms with van der Waals surface area (Å²) in [5.74, 6) is 0. The molecule has 3 nitrogen and oxygen atoms in total. The van der Waals surface area contributed by atoms with Crippen LogP contribution in [-0.4, -0.2) is 4.98 Å². The monoisotopic (exact) mass is 434 g/mol. The van der Waals surface area contributed by atoms with E-state index >= 15 is 0 Å². The van der Waals surface area contributed by atoms with Gasteiger partial charge in [0.2, 0.25) is 0 Å². The Kier molecular flexibility index (Phi) is 4.69. The van der Waals surface area contributed by atoms with Crippen molar-refractivity contribution in [1.29, 1.82) is 5.26 Å². The molecule has 0 unspecified atom stereocenters. The summed E-state index contributed by atoms with van der Waals surface area (Å²) in [6.45, 7) is 2.09. The van der Waals surface area contributed by atoms with Crippen molar-refractivity contribution in [2.75, 3.05) is 0 Å². The first-order chi connectivity index (χ1) is 13.1. The summed E-state index contributed by atoms with van der Waals surface area (Å²) in [5, 5.41) is 11.7. The quantitative estimate of drug-likeness (QED) is 0.422. The molecule has 4 rings (SSSR count). The molecule has 2 heterocycles.